The van der Waals surface area contributed by atoms with E-state index in [9.17, 15) is 28.8 Å². The predicted molar refractivity (Wildman–Crippen MR) is 106 cm³/mol. The first kappa shape index (κ1) is 25.3. The fourth-order valence-electron chi connectivity index (χ4n) is 3.94. The van der Waals surface area contributed by atoms with E-state index >= 15 is 0 Å². The molecule has 1 aromatic rings. The number of esters is 6. The minimum atomic E-state index is -2.01. The van der Waals surface area contributed by atoms with Crippen LogP contribution in [0.25, 0.3) is 0 Å². The fourth-order valence-corrected chi connectivity index (χ4v) is 3.94. The highest BCUT2D eigenvalue weighted by molar-refractivity contribution is 6.17. The molecule has 0 aliphatic heterocycles. The van der Waals surface area contributed by atoms with E-state index in [1.807, 2.05) is 0 Å². The molecule has 1 aliphatic carbocycles. The molecule has 0 aromatic heterocycles. The Balaban J connectivity index is 3.16. The molecule has 2 rings (SSSR count). The summed E-state index contributed by atoms with van der Waals surface area (Å²) in [5.41, 5.74) is -4.39. The van der Waals surface area contributed by atoms with Crippen molar-refractivity contribution in [3.63, 3.8) is 0 Å². The molecule has 0 unspecified atom stereocenters. The monoisotopic (exact) mass is 466 g/mol. The maximum Gasteiger partial charge on any atom is 0.339 e. The summed E-state index contributed by atoms with van der Waals surface area (Å²) >= 11 is 0. The number of hydrogen-bond acceptors (Lipinski definition) is 12. The van der Waals surface area contributed by atoms with Crippen LogP contribution in [-0.2, 0) is 50.9 Å². The van der Waals surface area contributed by atoms with Gasteiger partial charge in [0, 0.05) is 12.8 Å². The second kappa shape index (κ2) is 9.67. The van der Waals surface area contributed by atoms with Gasteiger partial charge in [-0.1, -0.05) is 0 Å². The smallest absolute Gasteiger partial charge is 0.339 e. The lowest BCUT2D eigenvalue weighted by atomic mass is 9.84. The van der Waals surface area contributed by atoms with Crippen LogP contribution < -0.4 is 0 Å². The Morgan fingerprint density at radius 2 is 0.758 bits per heavy atom. The third kappa shape index (κ3) is 3.88. The van der Waals surface area contributed by atoms with Crippen molar-refractivity contribution < 1.29 is 57.2 Å². The zero-order valence-electron chi connectivity index (χ0n) is 18.8. The first-order valence-electron chi connectivity index (χ1n) is 9.31. The second-order valence-corrected chi connectivity index (χ2v) is 6.84. The molecule has 0 spiro atoms. The van der Waals surface area contributed by atoms with Gasteiger partial charge < -0.3 is 28.4 Å². The van der Waals surface area contributed by atoms with Gasteiger partial charge in [0.2, 0.25) is 0 Å². The van der Waals surface area contributed by atoms with Gasteiger partial charge in [-0.2, -0.15) is 0 Å². The molecule has 0 fully saturated rings. The van der Waals surface area contributed by atoms with Gasteiger partial charge in [0.15, 0.2) is 5.41 Å². The molecule has 0 bridgehead atoms. The molecule has 12 nitrogen and oxygen atoms in total. The Kier molecular flexibility index (Phi) is 7.42. The van der Waals surface area contributed by atoms with Gasteiger partial charge in [-0.05, 0) is 11.1 Å². The zero-order valence-corrected chi connectivity index (χ0v) is 18.8. The van der Waals surface area contributed by atoms with Crippen LogP contribution in [0.15, 0.2) is 0 Å². The largest absolute Gasteiger partial charge is 0.468 e. The van der Waals surface area contributed by atoms with Gasteiger partial charge in [0.05, 0.1) is 64.9 Å². The molecular formula is C21H22O12. The van der Waals surface area contributed by atoms with Crippen LogP contribution in [0.4, 0.5) is 0 Å². The Morgan fingerprint density at radius 3 is 1.00 bits per heavy atom. The summed E-state index contributed by atoms with van der Waals surface area (Å²) in [4.78, 5) is 76.5. The normalized spacial score (nSPS) is 13.3. The van der Waals surface area contributed by atoms with Crippen molar-refractivity contribution in [2.45, 2.75) is 12.8 Å². The minimum Gasteiger partial charge on any atom is -0.468 e. The topological polar surface area (TPSA) is 158 Å². The van der Waals surface area contributed by atoms with Gasteiger partial charge >= 0.3 is 35.8 Å². The molecule has 1 aliphatic rings. The van der Waals surface area contributed by atoms with Crippen molar-refractivity contribution in [3.05, 3.63) is 33.4 Å². The van der Waals surface area contributed by atoms with Crippen molar-refractivity contribution in [2.24, 2.45) is 5.41 Å². The van der Waals surface area contributed by atoms with E-state index in [0.717, 1.165) is 42.7 Å². The van der Waals surface area contributed by atoms with Gasteiger partial charge in [-0.25, -0.2) is 19.2 Å². The van der Waals surface area contributed by atoms with Crippen LogP contribution >= 0.6 is 0 Å². The highest BCUT2D eigenvalue weighted by Gasteiger charge is 2.56. The summed E-state index contributed by atoms with van der Waals surface area (Å²) in [5.74, 6) is -6.54. The maximum atomic E-state index is 12.8. The zero-order chi connectivity index (χ0) is 25.1. The Labute approximate surface area is 188 Å². The van der Waals surface area contributed by atoms with Gasteiger partial charge in [-0.15, -0.1) is 0 Å². The Morgan fingerprint density at radius 1 is 0.485 bits per heavy atom. The average molecular weight is 466 g/mol. The lowest BCUT2D eigenvalue weighted by Crippen LogP contribution is -2.42. The molecule has 178 valence electrons. The van der Waals surface area contributed by atoms with Crippen LogP contribution in [-0.4, -0.2) is 78.5 Å². The number of ether oxygens (including phenoxy) is 6. The number of hydrogen-bond donors (Lipinski definition) is 0. The Bertz CT molecular complexity index is 969. The molecule has 0 saturated carbocycles. The molecule has 33 heavy (non-hydrogen) atoms. The quantitative estimate of drug-likeness (QED) is 0.320. The molecule has 1 aromatic carbocycles. The maximum absolute atomic E-state index is 12.8. The Hall–Kier alpha value is -3.96. The summed E-state index contributed by atoms with van der Waals surface area (Å²) in [7, 11) is 6.09. The van der Waals surface area contributed by atoms with Crippen molar-refractivity contribution >= 4 is 35.8 Å². The van der Waals surface area contributed by atoms with Gasteiger partial charge in [0.1, 0.15) is 0 Å². The summed E-state index contributed by atoms with van der Waals surface area (Å²) < 4.78 is 28.6. The first-order chi connectivity index (χ1) is 15.6. The number of benzene rings is 1. The number of carbonyl (C=O) groups is 6. The lowest BCUT2D eigenvalue weighted by Gasteiger charge is -2.22. The van der Waals surface area contributed by atoms with E-state index in [1.165, 1.54) is 0 Å². The SMILES string of the molecule is COC(=O)c1c2c(c(C(=O)OC)c(C(=O)OC)c1C(=O)OC)CC(C(=O)OC)(C(=O)OC)C2. The molecule has 0 atom stereocenters. The summed E-state index contributed by atoms with van der Waals surface area (Å²) in [6.45, 7) is 0. The first-order valence-corrected chi connectivity index (χ1v) is 9.31. The molecule has 0 saturated heterocycles. The van der Waals surface area contributed by atoms with Crippen LogP contribution in [0.3, 0.4) is 0 Å². The van der Waals surface area contributed by atoms with E-state index in [2.05, 4.69) is 0 Å². The van der Waals surface area contributed by atoms with Crippen molar-refractivity contribution in [2.75, 3.05) is 42.7 Å². The van der Waals surface area contributed by atoms with E-state index < -0.39 is 76.3 Å². The molecule has 0 N–H and O–H groups in total. The van der Waals surface area contributed by atoms with Gasteiger partial charge in [-0.3, -0.25) is 9.59 Å². The molecule has 12 heteroatoms. The van der Waals surface area contributed by atoms with Crippen molar-refractivity contribution in [1.29, 1.82) is 0 Å². The van der Waals surface area contributed by atoms with E-state index in [0.29, 0.717) is 0 Å². The van der Waals surface area contributed by atoms with E-state index in [4.69, 9.17) is 28.4 Å². The number of carbonyl (C=O) groups excluding carboxylic acids is 6. The summed E-state index contributed by atoms with van der Waals surface area (Å²) in [5, 5.41) is 0. The third-order valence-corrected chi connectivity index (χ3v) is 5.39. The predicted octanol–water partition coefficient (Wildman–Crippen LogP) is 0.264. The molecule has 0 amide bonds. The van der Waals surface area contributed by atoms with Crippen LogP contribution in [0, 0.1) is 5.41 Å². The third-order valence-electron chi connectivity index (χ3n) is 5.39. The highest BCUT2D eigenvalue weighted by Crippen LogP contribution is 2.45. The fraction of sp³-hybridized carbons (Fsp3) is 0.429. The van der Waals surface area contributed by atoms with E-state index in [-0.39, 0.29) is 11.1 Å². The van der Waals surface area contributed by atoms with Gasteiger partial charge in [0.25, 0.3) is 0 Å². The summed E-state index contributed by atoms with van der Waals surface area (Å²) in [6.07, 6.45) is -0.997. The molecule has 0 heterocycles. The second-order valence-electron chi connectivity index (χ2n) is 6.84. The van der Waals surface area contributed by atoms with Crippen LogP contribution in [0.5, 0.6) is 0 Å². The standard InChI is InChI=1S/C21H22O12/c1-28-15(22)11-9-7-21(19(26)32-5,20(27)33-6)8-10(9)12(16(23)29-2)14(18(25)31-4)13(11)17(24)30-3/h7-8H2,1-6H3. The average Bonchev–Trinajstić information content (AvgIpc) is 3.25. The molecular weight excluding hydrogens is 444 g/mol. The lowest BCUT2D eigenvalue weighted by molar-refractivity contribution is -0.168. The number of fused-ring (bicyclic) bond motifs is 1. The highest BCUT2D eigenvalue weighted by atomic mass is 16.6. The number of methoxy groups -OCH3 is 6. The van der Waals surface area contributed by atoms with Crippen LogP contribution in [0.1, 0.15) is 52.6 Å². The van der Waals surface area contributed by atoms with E-state index in [1.54, 1.807) is 0 Å². The van der Waals surface area contributed by atoms with Crippen LogP contribution in [0.2, 0.25) is 0 Å². The number of rotatable bonds is 6. The van der Waals surface area contributed by atoms with Crippen molar-refractivity contribution in [1.82, 2.24) is 0 Å². The molecule has 0 radical (unpaired) electrons. The minimum absolute atomic E-state index is 0.0777. The summed E-state index contributed by atoms with van der Waals surface area (Å²) in [6, 6.07) is 0. The van der Waals surface area contributed by atoms with Crippen molar-refractivity contribution in [3.8, 4) is 0 Å².